The zero-order valence-electron chi connectivity index (χ0n) is 18.4. The van der Waals surface area contributed by atoms with Crippen LogP contribution in [0.3, 0.4) is 0 Å². The summed E-state index contributed by atoms with van der Waals surface area (Å²) in [6.45, 7) is 7.22. The van der Waals surface area contributed by atoms with Crippen LogP contribution in [-0.2, 0) is 17.4 Å². The van der Waals surface area contributed by atoms with Crippen molar-refractivity contribution >= 4 is 11.6 Å². The predicted octanol–water partition coefficient (Wildman–Crippen LogP) is 3.75. The Bertz CT molecular complexity index is 981. The van der Waals surface area contributed by atoms with E-state index in [0.717, 1.165) is 24.0 Å². The number of carbonyl (C=O) groups is 1. The van der Waals surface area contributed by atoms with E-state index in [0.29, 0.717) is 38.3 Å². The summed E-state index contributed by atoms with van der Waals surface area (Å²) in [5.41, 5.74) is 0.684. The molecule has 0 unspecified atom stereocenters. The Morgan fingerprint density at radius 2 is 1.97 bits per heavy atom. The number of alkyl halides is 3. The van der Waals surface area contributed by atoms with Crippen LogP contribution in [0.25, 0.3) is 0 Å². The number of amides is 1. The highest BCUT2D eigenvalue weighted by Gasteiger charge is 2.42. The van der Waals surface area contributed by atoms with Gasteiger partial charge < -0.3 is 15.0 Å². The molecule has 4 rings (SSSR count). The lowest BCUT2D eigenvalue weighted by Crippen LogP contribution is -2.61. The van der Waals surface area contributed by atoms with Gasteiger partial charge in [-0.25, -0.2) is 0 Å². The van der Waals surface area contributed by atoms with Crippen LogP contribution < -0.4 is 15.0 Å². The third kappa shape index (κ3) is 5.33. The number of nitrogens with zero attached hydrogens (tertiary/aromatic N) is 2. The van der Waals surface area contributed by atoms with Crippen molar-refractivity contribution in [3.8, 4) is 5.75 Å². The normalized spacial score (nSPS) is 20.5. The molecule has 2 aliphatic rings. The van der Waals surface area contributed by atoms with Gasteiger partial charge in [0.05, 0.1) is 17.5 Å². The highest BCUT2D eigenvalue weighted by Crippen LogP contribution is 2.39. The fourth-order valence-corrected chi connectivity index (χ4v) is 4.68. The van der Waals surface area contributed by atoms with Crippen molar-refractivity contribution in [1.82, 2.24) is 10.2 Å². The topological polar surface area (TPSA) is 44.8 Å². The highest BCUT2D eigenvalue weighted by atomic mass is 19.4. The van der Waals surface area contributed by atoms with Crippen LogP contribution in [0.1, 0.15) is 11.1 Å². The van der Waals surface area contributed by atoms with Crippen molar-refractivity contribution in [1.29, 1.82) is 0 Å². The number of ether oxygens (including phenoxy) is 1. The number of anilines is 1. The summed E-state index contributed by atoms with van der Waals surface area (Å²) in [5, 5.41) is 2.84. The molecule has 2 aliphatic heterocycles. The average molecular weight is 460 g/mol. The standard InChI is InChI=1S/C25H28F3N3O2/c1-2-10-29-24(32)21-16-18-15-19(25(26,27)28)8-9-22(18)31-12-11-30(17-23(21)31)13-14-33-20-6-4-3-5-7-20/h2-9,15,21,23H,1,10-14,16-17H2,(H,29,32)/t21-,23+/m1/s1. The monoisotopic (exact) mass is 459 g/mol. The number of carbonyl (C=O) groups excluding carboxylic acids is 1. The van der Waals surface area contributed by atoms with E-state index in [9.17, 15) is 18.0 Å². The first kappa shape index (κ1) is 23.2. The molecular weight excluding hydrogens is 431 g/mol. The predicted molar refractivity (Wildman–Crippen MR) is 121 cm³/mol. The van der Waals surface area contributed by atoms with E-state index in [2.05, 4.69) is 21.7 Å². The van der Waals surface area contributed by atoms with Crippen molar-refractivity contribution in [3.63, 3.8) is 0 Å². The zero-order valence-corrected chi connectivity index (χ0v) is 18.4. The minimum absolute atomic E-state index is 0.121. The molecule has 5 nitrogen and oxygen atoms in total. The van der Waals surface area contributed by atoms with Crippen LogP contribution in [-0.4, -0.2) is 56.2 Å². The summed E-state index contributed by atoms with van der Waals surface area (Å²) >= 11 is 0. The molecule has 1 amide bonds. The maximum Gasteiger partial charge on any atom is 0.416 e. The first-order valence-corrected chi connectivity index (χ1v) is 11.1. The van der Waals surface area contributed by atoms with Crippen molar-refractivity contribution in [3.05, 3.63) is 72.3 Å². The van der Waals surface area contributed by atoms with Gasteiger partial charge in [-0.2, -0.15) is 13.2 Å². The maximum absolute atomic E-state index is 13.3. The number of benzene rings is 2. The van der Waals surface area contributed by atoms with Crippen LogP contribution in [0.15, 0.2) is 61.2 Å². The second-order valence-corrected chi connectivity index (χ2v) is 8.41. The summed E-state index contributed by atoms with van der Waals surface area (Å²) in [4.78, 5) is 17.3. The quantitative estimate of drug-likeness (QED) is 0.641. The fraction of sp³-hybridized carbons (Fsp3) is 0.400. The Morgan fingerprint density at radius 3 is 2.70 bits per heavy atom. The summed E-state index contributed by atoms with van der Waals surface area (Å²) in [6.07, 6.45) is -2.54. The van der Waals surface area contributed by atoms with Crippen molar-refractivity contribution in [2.45, 2.75) is 18.6 Å². The number of hydrogen-bond acceptors (Lipinski definition) is 4. The number of piperazine rings is 1. The van der Waals surface area contributed by atoms with Gasteiger partial charge >= 0.3 is 6.18 Å². The molecule has 1 saturated heterocycles. The SMILES string of the molecule is C=CCNC(=O)[C@@H]1Cc2cc(C(F)(F)F)ccc2N2CCN(CCOc3ccccc3)C[C@@H]12. The van der Waals surface area contributed by atoms with Crippen LogP contribution in [0.5, 0.6) is 5.75 Å². The second kappa shape index (κ2) is 9.87. The first-order valence-electron chi connectivity index (χ1n) is 11.1. The van der Waals surface area contributed by atoms with E-state index in [1.807, 2.05) is 30.3 Å². The van der Waals surface area contributed by atoms with E-state index in [-0.39, 0.29) is 18.4 Å². The van der Waals surface area contributed by atoms with Crippen molar-refractivity contribution in [2.24, 2.45) is 5.92 Å². The van der Waals surface area contributed by atoms with E-state index in [4.69, 9.17) is 4.74 Å². The molecule has 0 spiro atoms. The first-order chi connectivity index (χ1) is 15.9. The number of para-hydroxylation sites is 1. The molecule has 0 aliphatic carbocycles. The Morgan fingerprint density at radius 1 is 1.18 bits per heavy atom. The van der Waals surface area contributed by atoms with Gasteiger partial charge in [0.2, 0.25) is 5.91 Å². The lowest BCUT2D eigenvalue weighted by Gasteiger charge is -2.49. The number of nitrogens with one attached hydrogen (secondary N) is 1. The number of fused-ring (bicyclic) bond motifs is 3. The van der Waals surface area contributed by atoms with Gasteiger partial charge in [-0.05, 0) is 42.3 Å². The zero-order chi connectivity index (χ0) is 23.4. The maximum atomic E-state index is 13.3. The Balaban J connectivity index is 1.51. The Kier molecular flexibility index (Phi) is 6.93. The summed E-state index contributed by atoms with van der Waals surface area (Å²) in [6, 6.07) is 13.3. The van der Waals surface area contributed by atoms with Crippen molar-refractivity contribution in [2.75, 3.05) is 44.2 Å². The lowest BCUT2D eigenvalue weighted by atomic mass is 9.82. The summed E-state index contributed by atoms with van der Waals surface area (Å²) in [5.74, 6) is 0.207. The van der Waals surface area contributed by atoms with E-state index in [1.54, 1.807) is 12.1 Å². The van der Waals surface area contributed by atoms with Crippen LogP contribution in [0.4, 0.5) is 18.9 Å². The molecule has 2 heterocycles. The van der Waals surface area contributed by atoms with E-state index in [1.165, 1.54) is 6.07 Å². The molecular formula is C25H28F3N3O2. The molecule has 176 valence electrons. The van der Waals surface area contributed by atoms with Crippen LogP contribution >= 0.6 is 0 Å². The van der Waals surface area contributed by atoms with E-state index < -0.39 is 17.7 Å². The fourth-order valence-electron chi connectivity index (χ4n) is 4.68. The van der Waals surface area contributed by atoms with Gasteiger partial charge in [-0.15, -0.1) is 6.58 Å². The van der Waals surface area contributed by atoms with Gasteiger partial charge in [-0.3, -0.25) is 9.69 Å². The minimum Gasteiger partial charge on any atom is -0.492 e. The smallest absolute Gasteiger partial charge is 0.416 e. The molecule has 33 heavy (non-hydrogen) atoms. The van der Waals surface area contributed by atoms with Gasteiger partial charge in [0, 0.05) is 38.4 Å². The Labute approximate surface area is 191 Å². The molecule has 2 atom stereocenters. The summed E-state index contributed by atoms with van der Waals surface area (Å²) < 4.78 is 45.7. The Hall–Kier alpha value is -3.00. The van der Waals surface area contributed by atoms with Crippen molar-refractivity contribution < 1.29 is 22.7 Å². The van der Waals surface area contributed by atoms with Crippen LogP contribution in [0, 0.1) is 5.92 Å². The average Bonchev–Trinajstić information content (AvgIpc) is 2.81. The number of halogens is 3. The largest absolute Gasteiger partial charge is 0.492 e. The second-order valence-electron chi connectivity index (χ2n) is 8.41. The molecule has 2 aromatic carbocycles. The van der Waals surface area contributed by atoms with Gasteiger partial charge in [0.25, 0.3) is 0 Å². The summed E-state index contributed by atoms with van der Waals surface area (Å²) in [7, 11) is 0. The van der Waals surface area contributed by atoms with Gasteiger partial charge in [-0.1, -0.05) is 24.3 Å². The minimum atomic E-state index is -4.41. The molecule has 0 saturated carbocycles. The lowest BCUT2D eigenvalue weighted by molar-refractivity contribution is -0.137. The molecule has 8 heteroatoms. The third-order valence-electron chi connectivity index (χ3n) is 6.30. The molecule has 2 aromatic rings. The third-order valence-corrected chi connectivity index (χ3v) is 6.30. The van der Waals surface area contributed by atoms with Gasteiger partial charge in [0.1, 0.15) is 12.4 Å². The molecule has 0 radical (unpaired) electrons. The van der Waals surface area contributed by atoms with E-state index >= 15 is 0 Å². The molecule has 0 aromatic heterocycles. The van der Waals surface area contributed by atoms with Gasteiger partial charge in [0.15, 0.2) is 0 Å². The highest BCUT2D eigenvalue weighted by molar-refractivity contribution is 5.82. The number of rotatable bonds is 7. The molecule has 1 N–H and O–H groups in total. The molecule has 1 fully saturated rings. The molecule has 0 bridgehead atoms. The number of hydrogen-bond donors (Lipinski definition) is 1. The van der Waals surface area contributed by atoms with Crippen LogP contribution in [0.2, 0.25) is 0 Å².